The lowest BCUT2D eigenvalue weighted by Gasteiger charge is -2.39. The molecule has 0 spiro atoms. The van der Waals surface area contributed by atoms with Crippen molar-refractivity contribution in [3.63, 3.8) is 0 Å². The zero-order chi connectivity index (χ0) is 23.2. The molecule has 4 aromatic rings. The van der Waals surface area contributed by atoms with Gasteiger partial charge < -0.3 is 5.32 Å². The second-order valence-electron chi connectivity index (χ2n) is 10.5. The molecule has 5 heteroatoms. The molecule has 1 amide bonds. The molecule has 33 heavy (non-hydrogen) atoms. The van der Waals surface area contributed by atoms with Gasteiger partial charge in [0.2, 0.25) is 5.91 Å². The largest absolute Gasteiger partial charge is 0.323 e. The molecule has 2 aliphatic carbocycles. The molecule has 2 bridgehead atoms. The molecule has 2 heterocycles. The topological polar surface area (TPSA) is 67.8 Å². The number of rotatable bonds is 2. The van der Waals surface area contributed by atoms with Gasteiger partial charge in [0.05, 0.1) is 39.0 Å². The molecule has 0 aliphatic heterocycles. The minimum atomic E-state index is -0.742. The minimum Gasteiger partial charge on any atom is -0.323 e. The van der Waals surface area contributed by atoms with Gasteiger partial charge in [-0.05, 0) is 67.5 Å². The van der Waals surface area contributed by atoms with Crippen molar-refractivity contribution in [1.82, 2.24) is 15.0 Å². The van der Waals surface area contributed by atoms with Crippen LogP contribution in [0, 0.1) is 19.3 Å². The zero-order valence-electron chi connectivity index (χ0n) is 19.8. The summed E-state index contributed by atoms with van der Waals surface area (Å²) in [5, 5.41) is 4.26. The quantitative estimate of drug-likeness (QED) is 0.434. The second-order valence-corrected chi connectivity index (χ2v) is 10.5. The standard InChI is InChI=1S/C28H28N4O/c1-16-14-20-21(15-17(16)2)31-24-23(30-20)27(5)11-12-28(24,26(27,3)4)25(33)32-19-10-6-8-18-9-7-13-29-22(18)19/h6-10,13-15H,11-12H2,1-5H3,(H,32,33). The monoisotopic (exact) mass is 436 g/mol. The highest BCUT2D eigenvalue weighted by molar-refractivity contribution is 6.06. The van der Waals surface area contributed by atoms with E-state index in [1.165, 1.54) is 11.1 Å². The first-order valence-electron chi connectivity index (χ1n) is 11.6. The van der Waals surface area contributed by atoms with Gasteiger partial charge in [0, 0.05) is 17.0 Å². The van der Waals surface area contributed by atoms with Crippen LogP contribution in [0.5, 0.6) is 0 Å². The Balaban J connectivity index is 1.55. The van der Waals surface area contributed by atoms with E-state index >= 15 is 0 Å². The van der Waals surface area contributed by atoms with Gasteiger partial charge in [-0.2, -0.15) is 0 Å². The maximum Gasteiger partial charge on any atom is 0.237 e. The van der Waals surface area contributed by atoms with E-state index in [1.54, 1.807) is 6.20 Å². The van der Waals surface area contributed by atoms with Crippen molar-refractivity contribution >= 4 is 33.5 Å². The number of para-hydroxylation sites is 1. The Morgan fingerprint density at radius 3 is 2.30 bits per heavy atom. The Hall–Kier alpha value is -3.34. The average Bonchev–Trinajstić information content (AvgIpc) is 3.08. The van der Waals surface area contributed by atoms with Crippen molar-refractivity contribution in [2.45, 2.75) is 58.3 Å². The van der Waals surface area contributed by atoms with Crippen LogP contribution in [-0.2, 0) is 15.6 Å². The van der Waals surface area contributed by atoms with Crippen molar-refractivity contribution < 1.29 is 4.79 Å². The highest BCUT2D eigenvalue weighted by Gasteiger charge is 2.73. The molecule has 5 nitrogen and oxygen atoms in total. The van der Waals surface area contributed by atoms with Crippen LogP contribution < -0.4 is 5.32 Å². The highest BCUT2D eigenvalue weighted by Crippen LogP contribution is 2.70. The lowest BCUT2D eigenvalue weighted by molar-refractivity contribution is -0.125. The smallest absolute Gasteiger partial charge is 0.237 e. The summed E-state index contributed by atoms with van der Waals surface area (Å²) in [6.07, 6.45) is 3.44. The van der Waals surface area contributed by atoms with Crippen LogP contribution in [0.1, 0.15) is 56.1 Å². The Kier molecular flexibility index (Phi) is 3.92. The van der Waals surface area contributed by atoms with Gasteiger partial charge in [-0.1, -0.05) is 39.0 Å². The molecular formula is C28H28N4O. The first kappa shape index (κ1) is 20.3. The van der Waals surface area contributed by atoms with Crippen LogP contribution in [0.15, 0.2) is 48.7 Å². The third-order valence-electron chi connectivity index (χ3n) is 8.92. The Morgan fingerprint density at radius 1 is 0.909 bits per heavy atom. The molecule has 2 aliphatic rings. The van der Waals surface area contributed by atoms with Crippen LogP contribution in [0.4, 0.5) is 5.69 Å². The van der Waals surface area contributed by atoms with Gasteiger partial charge in [-0.25, -0.2) is 9.97 Å². The maximum atomic E-state index is 14.2. The number of amides is 1. The van der Waals surface area contributed by atoms with E-state index in [0.29, 0.717) is 0 Å². The van der Waals surface area contributed by atoms with Gasteiger partial charge in [-0.3, -0.25) is 9.78 Å². The van der Waals surface area contributed by atoms with Crippen LogP contribution in [0.3, 0.4) is 0 Å². The summed E-state index contributed by atoms with van der Waals surface area (Å²) >= 11 is 0. The van der Waals surface area contributed by atoms with E-state index < -0.39 is 5.41 Å². The van der Waals surface area contributed by atoms with Gasteiger partial charge in [-0.15, -0.1) is 0 Å². The maximum absolute atomic E-state index is 14.2. The summed E-state index contributed by atoms with van der Waals surface area (Å²) in [7, 11) is 0. The SMILES string of the molecule is Cc1cc2nc3c(nc2cc1C)C1(C(=O)Nc2cccc4cccnc24)CCC3(C)C1(C)C. The molecule has 2 atom stereocenters. The summed E-state index contributed by atoms with van der Waals surface area (Å²) in [6.45, 7) is 10.9. The molecule has 0 radical (unpaired) electrons. The number of nitrogens with zero attached hydrogens (tertiary/aromatic N) is 3. The summed E-state index contributed by atoms with van der Waals surface area (Å²) in [4.78, 5) is 29.0. The van der Waals surface area contributed by atoms with Crippen molar-refractivity contribution in [3.05, 3.63) is 71.2 Å². The summed E-state index contributed by atoms with van der Waals surface area (Å²) in [5.41, 5.74) is 6.27. The second kappa shape index (κ2) is 6.37. The van der Waals surface area contributed by atoms with Crippen LogP contribution >= 0.6 is 0 Å². The predicted molar refractivity (Wildman–Crippen MR) is 131 cm³/mol. The van der Waals surface area contributed by atoms with Crippen molar-refractivity contribution in [1.29, 1.82) is 0 Å². The number of hydrogen-bond donors (Lipinski definition) is 1. The van der Waals surface area contributed by atoms with Crippen LogP contribution in [0.25, 0.3) is 21.9 Å². The van der Waals surface area contributed by atoms with E-state index in [4.69, 9.17) is 9.97 Å². The number of carbonyl (C=O) groups excluding carboxylic acids is 1. The molecule has 2 unspecified atom stereocenters. The first-order chi connectivity index (χ1) is 15.7. The van der Waals surface area contributed by atoms with Gasteiger partial charge in [0.25, 0.3) is 0 Å². The summed E-state index contributed by atoms with van der Waals surface area (Å²) in [6, 6.07) is 14.0. The lowest BCUT2D eigenvalue weighted by Crippen LogP contribution is -2.48. The first-order valence-corrected chi connectivity index (χ1v) is 11.6. The molecule has 0 saturated heterocycles. The van der Waals surface area contributed by atoms with Crippen LogP contribution in [0.2, 0.25) is 0 Å². The zero-order valence-corrected chi connectivity index (χ0v) is 19.8. The Morgan fingerprint density at radius 2 is 1.58 bits per heavy atom. The molecule has 2 aromatic carbocycles. The van der Waals surface area contributed by atoms with Crippen molar-refractivity contribution in [3.8, 4) is 0 Å². The number of anilines is 1. The average molecular weight is 437 g/mol. The normalized spacial score (nSPS) is 24.9. The van der Waals surface area contributed by atoms with Crippen molar-refractivity contribution in [2.75, 3.05) is 5.32 Å². The van der Waals surface area contributed by atoms with Gasteiger partial charge in [0.1, 0.15) is 0 Å². The molecule has 166 valence electrons. The van der Waals surface area contributed by atoms with Crippen LogP contribution in [-0.4, -0.2) is 20.9 Å². The van der Waals surface area contributed by atoms with E-state index in [-0.39, 0.29) is 16.7 Å². The van der Waals surface area contributed by atoms with E-state index in [1.807, 2.05) is 30.3 Å². The number of aromatic nitrogens is 3. The molecule has 1 N–H and O–H groups in total. The third-order valence-corrected chi connectivity index (χ3v) is 8.92. The number of benzene rings is 2. The number of fused-ring (bicyclic) bond motifs is 7. The summed E-state index contributed by atoms with van der Waals surface area (Å²) in [5.74, 6) is -0.00869. The number of hydrogen-bond acceptors (Lipinski definition) is 4. The van der Waals surface area contributed by atoms with Gasteiger partial charge >= 0.3 is 0 Å². The molecular weight excluding hydrogens is 408 g/mol. The van der Waals surface area contributed by atoms with Crippen molar-refractivity contribution in [2.24, 2.45) is 5.41 Å². The number of pyridine rings is 1. The Bertz CT molecular complexity index is 1490. The van der Waals surface area contributed by atoms with E-state index in [0.717, 1.165) is 51.9 Å². The highest BCUT2D eigenvalue weighted by atomic mass is 16.2. The predicted octanol–water partition coefficient (Wildman–Crippen LogP) is 5.76. The van der Waals surface area contributed by atoms with E-state index in [9.17, 15) is 4.79 Å². The molecule has 1 fully saturated rings. The fourth-order valence-corrected chi connectivity index (χ4v) is 6.30. The molecule has 2 aromatic heterocycles. The number of nitrogens with one attached hydrogen (secondary N) is 1. The fraction of sp³-hybridized carbons (Fsp3) is 0.357. The Labute approximate surface area is 193 Å². The molecule has 1 saturated carbocycles. The lowest BCUT2D eigenvalue weighted by atomic mass is 9.63. The molecule has 6 rings (SSSR count). The minimum absolute atomic E-state index is 0.00869. The van der Waals surface area contributed by atoms with Gasteiger partial charge in [0.15, 0.2) is 0 Å². The number of carbonyl (C=O) groups is 1. The van der Waals surface area contributed by atoms with E-state index in [2.05, 4.69) is 57.1 Å². The summed E-state index contributed by atoms with van der Waals surface area (Å²) < 4.78 is 0. The third kappa shape index (κ3) is 2.37. The number of aryl methyl sites for hydroxylation is 2. The fourth-order valence-electron chi connectivity index (χ4n) is 6.30.